The third-order valence-electron chi connectivity index (χ3n) is 4.21. The number of hydrogen-bond acceptors (Lipinski definition) is 4. The molecule has 0 aromatic rings. The summed E-state index contributed by atoms with van der Waals surface area (Å²) in [6, 6.07) is -0.0108. The molecule has 1 amide bonds. The second-order valence-electron chi connectivity index (χ2n) is 5.75. The zero-order chi connectivity index (χ0) is 13.9. The quantitative estimate of drug-likeness (QED) is 0.777. The van der Waals surface area contributed by atoms with Crippen molar-refractivity contribution in [2.75, 3.05) is 12.3 Å². The van der Waals surface area contributed by atoms with Crippen LogP contribution >= 0.6 is 0 Å². The molecule has 1 aliphatic carbocycles. The fourth-order valence-electron chi connectivity index (χ4n) is 2.88. The van der Waals surface area contributed by atoms with Crippen molar-refractivity contribution in [3.05, 3.63) is 0 Å². The Hall–Kier alpha value is -0.620. The Morgan fingerprint density at radius 2 is 1.89 bits per heavy atom. The van der Waals surface area contributed by atoms with Gasteiger partial charge in [-0.25, -0.2) is 8.42 Å². The Morgan fingerprint density at radius 1 is 1.21 bits per heavy atom. The SMILES string of the molecule is CC(NCC1CCCS1(=O)=O)C(=O)NC1CCCC1. The summed E-state index contributed by atoms with van der Waals surface area (Å²) in [6.45, 7) is 2.19. The predicted octanol–water partition coefficient (Wildman–Crippen LogP) is 0.601. The Kier molecular flexibility index (Phi) is 4.84. The molecule has 2 aliphatic rings. The van der Waals surface area contributed by atoms with Gasteiger partial charge in [0.05, 0.1) is 17.0 Å². The zero-order valence-electron chi connectivity index (χ0n) is 11.5. The van der Waals surface area contributed by atoms with E-state index >= 15 is 0 Å². The predicted molar refractivity (Wildman–Crippen MR) is 74.7 cm³/mol. The zero-order valence-corrected chi connectivity index (χ0v) is 12.3. The van der Waals surface area contributed by atoms with Crippen molar-refractivity contribution in [2.24, 2.45) is 0 Å². The van der Waals surface area contributed by atoms with E-state index in [1.807, 2.05) is 0 Å². The van der Waals surface area contributed by atoms with Crippen LogP contribution in [-0.4, -0.2) is 44.0 Å². The number of rotatable bonds is 5. The van der Waals surface area contributed by atoms with Gasteiger partial charge in [-0.2, -0.15) is 0 Å². The Morgan fingerprint density at radius 3 is 2.47 bits per heavy atom. The van der Waals surface area contributed by atoms with Crippen molar-refractivity contribution in [1.82, 2.24) is 10.6 Å². The minimum Gasteiger partial charge on any atom is -0.352 e. The van der Waals surface area contributed by atoms with E-state index in [0.717, 1.165) is 19.3 Å². The summed E-state index contributed by atoms with van der Waals surface area (Å²) >= 11 is 0. The molecule has 1 saturated heterocycles. The minimum absolute atomic E-state index is 0.0118. The van der Waals surface area contributed by atoms with Crippen LogP contribution in [0.4, 0.5) is 0 Å². The van der Waals surface area contributed by atoms with Gasteiger partial charge in [-0.3, -0.25) is 4.79 Å². The van der Waals surface area contributed by atoms with Crippen molar-refractivity contribution in [2.45, 2.75) is 62.8 Å². The summed E-state index contributed by atoms with van der Waals surface area (Å²) in [5, 5.41) is 5.78. The first-order valence-electron chi connectivity index (χ1n) is 7.24. The van der Waals surface area contributed by atoms with E-state index in [0.29, 0.717) is 24.8 Å². The lowest BCUT2D eigenvalue weighted by atomic mass is 10.2. The molecule has 0 spiro atoms. The Bertz CT molecular complexity index is 416. The summed E-state index contributed by atoms with van der Waals surface area (Å²) < 4.78 is 23.4. The lowest BCUT2D eigenvalue weighted by Crippen LogP contribution is -2.47. The molecule has 0 aromatic heterocycles. The average molecular weight is 288 g/mol. The van der Waals surface area contributed by atoms with E-state index in [1.165, 1.54) is 12.8 Å². The maximum atomic E-state index is 11.9. The molecule has 1 heterocycles. The molecule has 0 bridgehead atoms. The number of sulfone groups is 1. The maximum Gasteiger partial charge on any atom is 0.237 e. The molecule has 1 saturated carbocycles. The summed E-state index contributed by atoms with van der Waals surface area (Å²) in [4.78, 5) is 11.9. The van der Waals surface area contributed by atoms with Crippen LogP contribution in [0.2, 0.25) is 0 Å². The van der Waals surface area contributed by atoms with Gasteiger partial charge in [0.1, 0.15) is 0 Å². The molecule has 19 heavy (non-hydrogen) atoms. The molecule has 110 valence electrons. The minimum atomic E-state index is -2.93. The highest BCUT2D eigenvalue weighted by molar-refractivity contribution is 7.92. The highest BCUT2D eigenvalue weighted by atomic mass is 32.2. The fourth-order valence-corrected chi connectivity index (χ4v) is 4.66. The summed E-state index contributed by atoms with van der Waals surface area (Å²) in [6.07, 6.45) is 5.97. The largest absolute Gasteiger partial charge is 0.352 e. The van der Waals surface area contributed by atoms with Crippen LogP contribution in [0.15, 0.2) is 0 Å². The highest BCUT2D eigenvalue weighted by Gasteiger charge is 2.31. The van der Waals surface area contributed by atoms with Crippen LogP contribution in [0.5, 0.6) is 0 Å². The number of amides is 1. The van der Waals surface area contributed by atoms with E-state index < -0.39 is 9.84 Å². The molecular weight excluding hydrogens is 264 g/mol. The number of hydrogen-bond donors (Lipinski definition) is 2. The Balaban J connectivity index is 1.74. The smallest absolute Gasteiger partial charge is 0.237 e. The van der Waals surface area contributed by atoms with E-state index in [1.54, 1.807) is 6.92 Å². The van der Waals surface area contributed by atoms with E-state index in [2.05, 4.69) is 10.6 Å². The third kappa shape index (κ3) is 3.92. The molecule has 6 heteroatoms. The number of carbonyl (C=O) groups is 1. The molecule has 2 atom stereocenters. The average Bonchev–Trinajstić information content (AvgIpc) is 2.95. The molecule has 2 unspecified atom stereocenters. The highest BCUT2D eigenvalue weighted by Crippen LogP contribution is 2.19. The third-order valence-corrected chi connectivity index (χ3v) is 6.49. The molecular formula is C13H24N2O3S. The van der Waals surface area contributed by atoms with Gasteiger partial charge in [0.2, 0.25) is 5.91 Å². The van der Waals surface area contributed by atoms with Crippen LogP contribution < -0.4 is 10.6 Å². The Labute approximate surface area is 115 Å². The van der Waals surface area contributed by atoms with Gasteiger partial charge in [-0.1, -0.05) is 12.8 Å². The second-order valence-corrected chi connectivity index (χ2v) is 8.15. The first-order chi connectivity index (χ1) is 8.99. The number of nitrogens with one attached hydrogen (secondary N) is 2. The van der Waals surface area contributed by atoms with Gasteiger partial charge < -0.3 is 10.6 Å². The number of carbonyl (C=O) groups excluding carboxylic acids is 1. The molecule has 2 rings (SSSR count). The van der Waals surface area contributed by atoms with Crippen molar-refractivity contribution in [1.29, 1.82) is 0 Å². The van der Waals surface area contributed by atoms with Crippen LogP contribution in [-0.2, 0) is 14.6 Å². The summed E-state index contributed by atoms with van der Waals surface area (Å²) in [5.74, 6) is 0.282. The standard InChI is InChI=1S/C13H24N2O3S/c1-10(13(16)15-11-5-2-3-6-11)14-9-12-7-4-8-19(12,17)18/h10-12,14H,2-9H2,1H3,(H,15,16). The van der Waals surface area contributed by atoms with Gasteiger partial charge in [0, 0.05) is 12.6 Å². The molecule has 2 N–H and O–H groups in total. The van der Waals surface area contributed by atoms with Crippen LogP contribution in [0.3, 0.4) is 0 Å². The van der Waals surface area contributed by atoms with Gasteiger partial charge in [-0.15, -0.1) is 0 Å². The molecule has 0 aromatic carbocycles. The molecule has 0 radical (unpaired) electrons. The van der Waals surface area contributed by atoms with E-state index in [9.17, 15) is 13.2 Å². The lowest BCUT2D eigenvalue weighted by Gasteiger charge is -2.19. The fraction of sp³-hybridized carbons (Fsp3) is 0.923. The maximum absolute atomic E-state index is 11.9. The van der Waals surface area contributed by atoms with E-state index in [-0.39, 0.29) is 17.2 Å². The van der Waals surface area contributed by atoms with Gasteiger partial charge in [0.25, 0.3) is 0 Å². The monoisotopic (exact) mass is 288 g/mol. The van der Waals surface area contributed by atoms with E-state index in [4.69, 9.17) is 0 Å². The van der Waals surface area contributed by atoms with Crippen LogP contribution in [0, 0.1) is 0 Å². The topological polar surface area (TPSA) is 75.3 Å². The molecule has 2 fully saturated rings. The van der Waals surface area contributed by atoms with Crippen molar-refractivity contribution < 1.29 is 13.2 Å². The van der Waals surface area contributed by atoms with Gasteiger partial charge in [0.15, 0.2) is 9.84 Å². The van der Waals surface area contributed by atoms with Crippen LogP contribution in [0.25, 0.3) is 0 Å². The summed E-state index contributed by atoms with van der Waals surface area (Å²) in [7, 11) is -2.93. The van der Waals surface area contributed by atoms with Crippen molar-refractivity contribution in [3.63, 3.8) is 0 Å². The van der Waals surface area contributed by atoms with Crippen LogP contribution in [0.1, 0.15) is 45.4 Å². The van der Waals surface area contributed by atoms with Gasteiger partial charge in [-0.05, 0) is 32.6 Å². The first-order valence-corrected chi connectivity index (χ1v) is 8.96. The lowest BCUT2D eigenvalue weighted by molar-refractivity contribution is -0.123. The van der Waals surface area contributed by atoms with Gasteiger partial charge >= 0.3 is 0 Å². The normalized spacial score (nSPS) is 28.4. The molecule has 5 nitrogen and oxygen atoms in total. The van der Waals surface area contributed by atoms with Crippen molar-refractivity contribution in [3.8, 4) is 0 Å². The van der Waals surface area contributed by atoms with Crippen molar-refractivity contribution >= 4 is 15.7 Å². The summed E-state index contributed by atoms with van der Waals surface area (Å²) in [5.41, 5.74) is 0. The first kappa shape index (κ1) is 14.8. The second kappa shape index (κ2) is 6.22. The molecule has 1 aliphatic heterocycles.